The van der Waals surface area contributed by atoms with Crippen LogP contribution in [0.25, 0.3) is 22.1 Å². The molecule has 10 heteroatoms. The van der Waals surface area contributed by atoms with E-state index in [0.717, 1.165) is 32.6 Å². The number of nitrogens with zero attached hydrogens (tertiary/aromatic N) is 3. The summed E-state index contributed by atoms with van der Waals surface area (Å²) < 4.78 is 49.6. The molecule has 3 aromatic rings. The highest BCUT2D eigenvalue weighted by atomic mass is 19.4. The topological polar surface area (TPSA) is 75.4 Å². The Morgan fingerprint density at radius 3 is 2.57 bits per heavy atom. The van der Waals surface area contributed by atoms with E-state index < -0.39 is 17.6 Å². The molecular weight excluding hydrogens is 487 g/mol. The van der Waals surface area contributed by atoms with E-state index in [1.165, 1.54) is 0 Å². The summed E-state index contributed by atoms with van der Waals surface area (Å²) in [4.78, 5) is 32.4. The fourth-order valence-electron chi connectivity index (χ4n) is 5.42. The molecule has 2 unspecified atom stereocenters. The van der Waals surface area contributed by atoms with Crippen molar-refractivity contribution in [3.63, 3.8) is 0 Å². The third-order valence-electron chi connectivity index (χ3n) is 7.40. The molecule has 6 rings (SSSR count). The van der Waals surface area contributed by atoms with Crippen molar-refractivity contribution < 1.29 is 31.9 Å². The number of carbonyl (C=O) groups is 2. The lowest BCUT2D eigenvalue weighted by molar-refractivity contribution is -0.184. The van der Waals surface area contributed by atoms with Gasteiger partial charge in [0.05, 0.1) is 12.9 Å². The number of aliphatic imine (C=N–C) groups is 1. The van der Waals surface area contributed by atoms with Crippen molar-refractivity contribution in [1.82, 2.24) is 9.80 Å². The number of benzene rings is 2. The lowest BCUT2D eigenvalue weighted by Gasteiger charge is -2.25. The Kier molecular flexibility index (Phi) is 5.59. The van der Waals surface area contributed by atoms with Crippen molar-refractivity contribution in [1.29, 1.82) is 0 Å². The number of likely N-dealkylation sites (tertiary alicyclic amines) is 1. The first-order chi connectivity index (χ1) is 17.7. The van der Waals surface area contributed by atoms with Gasteiger partial charge in [-0.05, 0) is 41.7 Å². The predicted molar refractivity (Wildman–Crippen MR) is 129 cm³/mol. The van der Waals surface area contributed by atoms with Crippen LogP contribution in [0, 0.1) is 5.92 Å². The molecule has 1 aromatic heterocycles. The number of halogens is 3. The van der Waals surface area contributed by atoms with Crippen LogP contribution in [0.15, 0.2) is 64.2 Å². The van der Waals surface area contributed by atoms with E-state index in [2.05, 4.69) is 0 Å². The number of ether oxygens (including phenoxy) is 1. The van der Waals surface area contributed by atoms with Crippen LogP contribution in [0.3, 0.4) is 0 Å². The van der Waals surface area contributed by atoms with Crippen LogP contribution in [-0.4, -0.2) is 72.0 Å². The number of carbonyl (C=O) groups excluding carboxylic acids is 2. The highest BCUT2D eigenvalue weighted by Crippen LogP contribution is 2.35. The minimum absolute atomic E-state index is 0.0154. The van der Waals surface area contributed by atoms with Crippen molar-refractivity contribution in [3.8, 4) is 11.1 Å². The Bertz CT molecular complexity index is 1390. The zero-order valence-electron chi connectivity index (χ0n) is 19.8. The number of furan rings is 1. The third kappa shape index (κ3) is 4.19. The van der Waals surface area contributed by atoms with Gasteiger partial charge in [-0.1, -0.05) is 30.3 Å². The second-order valence-electron chi connectivity index (χ2n) is 9.84. The Hall–Kier alpha value is -3.66. The first kappa shape index (κ1) is 23.7. The number of rotatable bonds is 4. The van der Waals surface area contributed by atoms with Gasteiger partial charge in [-0.2, -0.15) is 13.2 Å². The van der Waals surface area contributed by atoms with Gasteiger partial charge in [0.15, 0.2) is 5.54 Å². The largest absolute Gasteiger partial charge is 0.471 e. The fourth-order valence-corrected chi connectivity index (χ4v) is 5.42. The molecule has 1 spiro atoms. The normalized spacial score (nSPS) is 24.0. The summed E-state index contributed by atoms with van der Waals surface area (Å²) in [5, 5.41) is 0.997. The molecule has 2 saturated heterocycles. The summed E-state index contributed by atoms with van der Waals surface area (Å²) >= 11 is 0. The highest BCUT2D eigenvalue weighted by molar-refractivity contribution is 6.15. The van der Waals surface area contributed by atoms with Crippen LogP contribution in [0.5, 0.6) is 0 Å². The average molecular weight is 512 g/mol. The molecule has 2 aromatic carbocycles. The lowest BCUT2D eigenvalue weighted by Crippen LogP contribution is -2.46. The van der Waals surface area contributed by atoms with Crippen molar-refractivity contribution in [2.75, 3.05) is 32.8 Å². The number of hydrogen-bond acceptors (Lipinski definition) is 5. The Morgan fingerprint density at radius 1 is 1.08 bits per heavy atom. The molecule has 2 amide bonds. The van der Waals surface area contributed by atoms with Gasteiger partial charge in [0, 0.05) is 43.6 Å². The van der Waals surface area contributed by atoms with Gasteiger partial charge in [0.25, 0.3) is 5.91 Å². The van der Waals surface area contributed by atoms with Gasteiger partial charge >= 0.3 is 12.1 Å². The van der Waals surface area contributed by atoms with E-state index in [0.29, 0.717) is 25.3 Å². The molecule has 0 radical (unpaired) electrons. The minimum Gasteiger partial charge on any atom is -0.464 e. The summed E-state index contributed by atoms with van der Waals surface area (Å²) in [6, 6.07) is 15.5. The smallest absolute Gasteiger partial charge is 0.464 e. The lowest BCUT2D eigenvalue weighted by atomic mass is 9.98. The second kappa shape index (κ2) is 8.72. The third-order valence-corrected chi connectivity index (χ3v) is 7.40. The van der Waals surface area contributed by atoms with Crippen molar-refractivity contribution in [2.24, 2.45) is 10.9 Å². The second-order valence-corrected chi connectivity index (χ2v) is 9.84. The van der Waals surface area contributed by atoms with Gasteiger partial charge in [0.1, 0.15) is 11.4 Å². The number of amides is 2. The molecule has 3 aliphatic heterocycles. The molecule has 2 atom stereocenters. The molecule has 37 heavy (non-hydrogen) atoms. The number of fused-ring (bicyclic) bond motifs is 1. The SMILES string of the molecule is O=C(N1CCC(CN2C(=O)C3(CCOC3)N=C2c2ccc(-c3ccc4occc4c3)cc2)C1)C(F)(F)F. The standard InChI is InChI=1S/C27H24F3N3O4/c28-27(29,30)25(35)32-10-7-17(14-32)15-33-23(31-26(24(33)34)9-12-36-16-26)19-3-1-18(2-4-19)20-5-6-22-21(13-20)8-11-37-22/h1-6,8,11,13,17H,7,9-10,12,14-16H2. The molecular formula is C27H24F3N3O4. The van der Waals surface area contributed by atoms with Crippen LogP contribution in [0.1, 0.15) is 18.4 Å². The number of amidine groups is 1. The maximum absolute atomic E-state index is 13.5. The van der Waals surface area contributed by atoms with Crippen LogP contribution in [0.2, 0.25) is 0 Å². The van der Waals surface area contributed by atoms with Gasteiger partial charge in [-0.15, -0.1) is 0 Å². The molecule has 4 heterocycles. The summed E-state index contributed by atoms with van der Waals surface area (Å²) in [5.41, 5.74) is 2.55. The van der Waals surface area contributed by atoms with E-state index in [1.807, 2.05) is 48.5 Å². The fraction of sp³-hybridized carbons (Fsp3) is 0.370. The predicted octanol–water partition coefficient (Wildman–Crippen LogP) is 4.26. The average Bonchev–Trinajstić information content (AvgIpc) is 3.68. The molecule has 2 fully saturated rings. The summed E-state index contributed by atoms with van der Waals surface area (Å²) in [7, 11) is 0. The van der Waals surface area contributed by atoms with Crippen molar-refractivity contribution >= 4 is 28.6 Å². The van der Waals surface area contributed by atoms with Crippen LogP contribution in [0.4, 0.5) is 13.2 Å². The van der Waals surface area contributed by atoms with E-state index in [4.69, 9.17) is 14.1 Å². The highest BCUT2D eigenvalue weighted by Gasteiger charge is 2.52. The Morgan fingerprint density at radius 2 is 1.84 bits per heavy atom. The zero-order valence-corrected chi connectivity index (χ0v) is 19.8. The quantitative estimate of drug-likeness (QED) is 0.525. The maximum atomic E-state index is 13.5. The molecule has 0 bridgehead atoms. The van der Waals surface area contributed by atoms with E-state index in [9.17, 15) is 22.8 Å². The number of hydrogen-bond donors (Lipinski definition) is 0. The Labute approximate surface area is 210 Å². The van der Waals surface area contributed by atoms with Gasteiger partial charge in [0.2, 0.25) is 0 Å². The van der Waals surface area contributed by atoms with Crippen molar-refractivity contribution in [3.05, 3.63) is 60.4 Å². The summed E-state index contributed by atoms with van der Waals surface area (Å²) in [5.74, 6) is -1.82. The molecule has 0 aliphatic carbocycles. The van der Waals surface area contributed by atoms with Gasteiger partial charge in [-0.3, -0.25) is 14.5 Å². The van der Waals surface area contributed by atoms with Crippen LogP contribution in [-0.2, 0) is 14.3 Å². The van der Waals surface area contributed by atoms with Gasteiger partial charge < -0.3 is 14.1 Å². The Balaban J connectivity index is 1.25. The van der Waals surface area contributed by atoms with Crippen LogP contribution < -0.4 is 0 Å². The zero-order chi connectivity index (χ0) is 25.8. The molecule has 7 nitrogen and oxygen atoms in total. The summed E-state index contributed by atoms with van der Waals surface area (Å²) in [6.07, 6.45) is -2.41. The van der Waals surface area contributed by atoms with E-state index in [1.54, 1.807) is 11.2 Å². The van der Waals surface area contributed by atoms with E-state index in [-0.39, 0.29) is 38.1 Å². The monoisotopic (exact) mass is 511 g/mol. The maximum Gasteiger partial charge on any atom is 0.471 e. The van der Waals surface area contributed by atoms with Gasteiger partial charge in [-0.25, -0.2) is 4.99 Å². The first-order valence-electron chi connectivity index (χ1n) is 12.2. The van der Waals surface area contributed by atoms with Crippen LogP contribution >= 0.6 is 0 Å². The molecule has 3 aliphatic rings. The summed E-state index contributed by atoms with van der Waals surface area (Å²) in [6.45, 7) is 0.761. The minimum atomic E-state index is -4.90. The molecule has 0 saturated carbocycles. The first-order valence-corrected chi connectivity index (χ1v) is 12.2. The molecule has 192 valence electrons. The molecule has 0 N–H and O–H groups in total. The number of alkyl halides is 3. The van der Waals surface area contributed by atoms with Crippen molar-refractivity contribution in [2.45, 2.75) is 24.6 Å². The van der Waals surface area contributed by atoms with E-state index >= 15 is 0 Å².